The Labute approximate surface area is 223 Å². The Morgan fingerprint density at radius 2 is 1.43 bits per heavy atom. The minimum atomic E-state index is -4.05. The summed E-state index contributed by atoms with van der Waals surface area (Å²) in [5.74, 6) is -0.433. The lowest BCUT2D eigenvalue weighted by atomic mass is 10.3. The van der Waals surface area contributed by atoms with E-state index in [-0.39, 0.29) is 15.6 Å². The second-order valence-electron chi connectivity index (χ2n) is 7.69. The number of anilines is 3. The van der Waals surface area contributed by atoms with E-state index < -0.39 is 32.5 Å². The van der Waals surface area contributed by atoms with Gasteiger partial charge in [0.05, 0.1) is 15.5 Å². The lowest BCUT2D eigenvalue weighted by Gasteiger charge is -2.24. The number of benzene rings is 3. The van der Waals surface area contributed by atoms with Crippen molar-refractivity contribution in [1.82, 2.24) is 4.98 Å². The van der Waals surface area contributed by atoms with Crippen LogP contribution >= 0.6 is 15.9 Å². The van der Waals surface area contributed by atoms with Crippen LogP contribution in [0.3, 0.4) is 0 Å². The molecule has 4 rings (SSSR count). The third-order valence-electron chi connectivity index (χ3n) is 5.09. The number of carbonyl (C=O) groups is 1. The molecule has 9 nitrogen and oxygen atoms in total. The minimum Gasteiger partial charge on any atom is -0.325 e. The fraction of sp³-hybridized carbons (Fsp3) is 0.0400. The van der Waals surface area contributed by atoms with Gasteiger partial charge in [0.25, 0.3) is 20.0 Å². The molecular formula is C25H21BrN4O5S2. The zero-order valence-corrected chi connectivity index (χ0v) is 22.4. The van der Waals surface area contributed by atoms with Crippen LogP contribution in [0, 0.1) is 0 Å². The molecule has 190 valence electrons. The summed E-state index contributed by atoms with van der Waals surface area (Å²) < 4.78 is 56.1. The second-order valence-corrected chi connectivity index (χ2v) is 12.2. The van der Waals surface area contributed by atoms with Crippen LogP contribution in [0.1, 0.15) is 0 Å². The standard InChI is InChI=1S/C25H21BrN4O5S2/c26-19-9-13-21(14-10-19)30(37(34,35)23-6-2-1-3-7-23)18-25(31)28-20-11-15-22(16-12-20)36(32,33)29-24-8-4-5-17-27-24/h1-17H,18H2,(H,27,29)(H,28,31). The van der Waals surface area contributed by atoms with Crippen LogP contribution in [-0.2, 0) is 24.8 Å². The predicted octanol–water partition coefficient (Wildman–Crippen LogP) is 4.48. The van der Waals surface area contributed by atoms with Gasteiger partial charge in [0.1, 0.15) is 12.4 Å². The molecule has 0 atom stereocenters. The summed E-state index contributed by atoms with van der Waals surface area (Å²) in [6.07, 6.45) is 1.46. The molecule has 0 unspecified atom stereocenters. The van der Waals surface area contributed by atoms with Crippen LogP contribution in [-0.4, -0.2) is 34.3 Å². The highest BCUT2D eigenvalue weighted by atomic mass is 79.9. The van der Waals surface area contributed by atoms with Crippen molar-refractivity contribution in [3.05, 3.63) is 108 Å². The molecule has 12 heteroatoms. The first-order valence-electron chi connectivity index (χ1n) is 10.8. The van der Waals surface area contributed by atoms with Gasteiger partial charge < -0.3 is 5.32 Å². The quantitative estimate of drug-likeness (QED) is 0.292. The Kier molecular flexibility index (Phi) is 7.91. The van der Waals surface area contributed by atoms with Gasteiger partial charge in [-0.25, -0.2) is 21.8 Å². The number of nitrogens with zero attached hydrogens (tertiary/aromatic N) is 2. The summed E-state index contributed by atoms with van der Waals surface area (Å²) in [5, 5.41) is 2.62. The zero-order chi connectivity index (χ0) is 26.5. The van der Waals surface area contributed by atoms with Crippen LogP contribution in [0.5, 0.6) is 0 Å². The molecule has 1 heterocycles. The second kappa shape index (κ2) is 11.1. The van der Waals surface area contributed by atoms with Gasteiger partial charge in [-0.1, -0.05) is 40.2 Å². The van der Waals surface area contributed by atoms with Crippen LogP contribution in [0.4, 0.5) is 17.2 Å². The summed E-state index contributed by atoms with van der Waals surface area (Å²) in [7, 11) is -7.93. The minimum absolute atomic E-state index is 0.0284. The van der Waals surface area contributed by atoms with Crippen LogP contribution in [0.2, 0.25) is 0 Å². The van der Waals surface area contributed by atoms with E-state index in [2.05, 4.69) is 31.0 Å². The molecule has 2 N–H and O–H groups in total. The van der Waals surface area contributed by atoms with Crippen molar-refractivity contribution in [2.45, 2.75) is 9.79 Å². The maximum Gasteiger partial charge on any atom is 0.264 e. The monoisotopic (exact) mass is 600 g/mol. The molecule has 0 saturated carbocycles. The van der Waals surface area contributed by atoms with E-state index in [4.69, 9.17) is 0 Å². The predicted molar refractivity (Wildman–Crippen MR) is 145 cm³/mol. The molecule has 0 saturated heterocycles. The van der Waals surface area contributed by atoms with E-state index in [1.54, 1.807) is 54.6 Å². The fourth-order valence-electron chi connectivity index (χ4n) is 3.31. The Morgan fingerprint density at radius 3 is 2.05 bits per heavy atom. The molecule has 37 heavy (non-hydrogen) atoms. The number of aromatic nitrogens is 1. The Morgan fingerprint density at radius 1 is 0.784 bits per heavy atom. The Bertz CT molecular complexity index is 1580. The summed E-state index contributed by atoms with van der Waals surface area (Å²) in [6.45, 7) is -0.500. The average molecular weight is 602 g/mol. The van der Waals surface area contributed by atoms with Gasteiger partial charge in [-0.2, -0.15) is 0 Å². The smallest absolute Gasteiger partial charge is 0.264 e. The molecule has 1 aromatic heterocycles. The molecule has 0 aliphatic carbocycles. The van der Waals surface area contributed by atoms with Crippen molar-refractivity contribution in [1.29, 1.82) is 0 Å². The molecule has 0 spiro atoms. The van der Waals surface area contributed by atoms with Crippen molar-refractivity contribution in [2.75, 3.05) is 20.9 Å². The molecule has 0 radical (unpaired) electrons. The van der Waals surface area contributed by atoms with Gasteiger partial charge in [0, 0.05) is 16.4 Å². The molecule has 0 aliphatic rings. The van der Waals surface area contributed by atoms with Gasteiger partial charge in [0.15, 0.2) is 0 Å². The number of rotatable bonds is 9. The largest absolute Gasteiger partial charge is 0.325 e. The molecule has 1 amide bonds. The van der Waals surface area contributed by atoms with Crippen molar-refractivity contribution in [3.8, 4) is 0 Å². The number of amides is 1. The first-order valence-corrected chi connectivity index (χ1v) is 14.5. The lowest BCUT2D eigenvalue weighted by Crippen LogP contribution is -2.38. The van der Waals surface area contributed by atoms with Gasteiger partial charge in [0.2, 0.25) is 5.91 Å². The fourth-order valence-corrected chi connectivity index (χ4v) is 6.02. The first-order chi connectivity index (χ1) is 17.6. The Balaban J connectivity index is 1.52. The van der Waals surface area contributed by atoms with E-state index in [9.17, 15) is 21.6 Å². The lowest BCUT2D eigenvalue weighted by molar-refractivity contribution is -0.114. The van der Waals surface area contributed by atoms with Crippen molar-refractivity contribution < 1.29 is 21.6 Å². The van der Waals surface area contributed by atoms with Crippen molar-refractivity contribution in [3.63, 3.8) is 0 Å². The highest BCUT2D eigenvalue weighted by Gasteiger charge is 2.27. The van der Waals surface area contributed by atoms with E-state index in [0.717, 1.165) is 8.78 Å². The van der Waals surface area contributed by atoms with Gasteiger partial charge in [-0.3, -0.25) is 13.8 Å². The number of hydrogen-bond acceptors (Lipinski definition) is 6. The number of carbonyl (C=O) groups excluding carboxylic acids is 1. The Hall–Kier alpha value is -3.74. The molecule has 0 aliphatic heterocycles. The summed E-state index contributed by atoms with van der Waals surface area (Å²) in [4.78, 5) is 16.9. The summed E-state index contributed by atoms with van der Waals surface area (Å²) >= 11 is 3.33. The SMILES string of the molecule is O=C(CN(c1ccc(Br)cc1)S(=O)(=O)c1ccccc1)Nc1ccc(S(=O)(=O)Nc2ccccn2)cc1. The van der Waals surface area contributed by atoms with Crippen LogP contribution in [0.25, 0.3) is 0 Å². The number of pyridine rings is 1. The van der Waals surface area contributed by atoms with Crippen LogP contribution in [0.15, 0.2) is 118 Å². The maximum atomic E-state index is 13.4. The van der Waals surface area contributed by atoms with E-state index in [1.807, 2.05) is 0 Å². The number of hydrogen-bond donors (Lipinski definition) is 2. The normalized spacial score (nSPS) is 11.5. The van der Waals surface area contributed by atoms with E-state index in [1.165, 1.54) is 48.7 Å². The number of sulfonamides is 2. The van der Waals surface area contributed by atoms with E-state index in [0.29, 0.717) is 11.4 Å². The van der Waals surface area contributed by atoms with Gasteiger partial charge in [-0.05, 0) is 72.8 Å². The summed E-state index contributed by atoms with van der Waals surface area (Å²) in [6, 6.07) is 24.7. The van der Waals surface area contributed by atoms with Crippen LogP contribution < -0.4 is 14.3 Å². The first kappa shape index (κ1) is 26.3. The average Bonchev–Trinajstić information content (AvgIpc) is 2.89. The highest BCUT2D eigenvalue weighted by Crippen LogP contribution is 2.25. The third kappa shape index (κ3) is 6.53. The highest BCUT2D eigenvalue weighted by molar-refractivity contribution is 9.10. The molecule has 0 fully saturated rings. The maximum absolute atomic E-state index is 13.4. The molecule has 3 aromatic carbocycles. The van der Waals surface area contributed by atoms with Crippen molar-refractivity contribution >= 4 is 59.1 Å². The molecular weight excluding hydrogens is 580 g/mol. The van der Waals surface area contributed by atoms with Gasteiger partial charge in [-0.15, -0.1) is 0 Å². The molecule has 4 aromatic rings. The number of halogens is 1. The number of nitrogens with one attached hydrogen (secondary N) is 2. The van der Waals surface area contributed by atoms with Gasteiger partial charge >= 0.3 is 0 Å². The molecule has 0 bridgehead atoms. The topological polar surface area (TPSA) is 126 Å². The summed E-state index contributed by atoms with van der Waals surface area (Å²) in [5.41, 5.74) is 0.610. The zero-order valence-electron chi connectivity index (χ0n) is 19.2. The van der Waals surface area contributed by atoms with Crippen molar-refractivity contribution in [2.24, 2.45) is 0 Å². The third-order valence-corrected chi connectivity index (χ3v) is 8.77. The van der Waals surface area contributed by atoms with E-state index >= 15 is 0 Å².